The molecule has 2 N–H and O–H groups in total. The van der Waals surface area contributed by atoms with Gasteiger partial charge in [0.15, 0.2) is 11.5 Å². The summed E-state index contributed by atoms with van der Waals surface area (Å²) in [6.45, 7) is 1.08. The van der Waals surface area contributed by atoms with E-state index in [2.05, 4.69) is 15.0 Å². The number of anilines is 1. The Balaban J connectivity index is 1.33. The summed E-state index contributed by atoms with van der Waals surface area (Å²) in [6, 6.07) is 7.32. The molecule has 0 radical (unpaired) electrons. The van der Waals surface area contributed by atoms with Crippen molar-refractivity contribution in [3.05, 3.63) is 47.5 Å². The fourth-order valence-electron chi connectivity index (χ4n) is 2.98. The first-order valence-corrected chi connectivity index (χ1v) is 10.8. The maximum absolute atomic E-state index is 12.9. The fraction of sp³-hybridized carbons (Fsp3) is 0.353. The quantitative estimate of drug-likeness (QED) is 0.474. The summed E-state index contributed by atoms with van der Waals surface area (Å²) in [7, 11) is -3.35. The van der Waals surface area contributed by atoms with Crippen molar-refractivity contribution in [3.8, 4) is 0 Å². The summed E-state index contributed by atoms with van der Waals surface area (Å²) in [5.41, 5.74) is 7.81. The Morgan fingerprint density at radius 3 is 3.11 bits per heavy atom. The van der Waals surface area contributed by atoms with Crippen LogP contribution in [0.4, 0.5) is 5.82 Å². The number of rotatable bonds is 6. The molecule has 0 amide bonds. The van der Waals surface area contributed by atoms with Crippen LogP contribution in [0.25, 0.3) is 11.2 Å². The minimum atomic E-state index is -3.35. The van der Waals surface area contributed by atoms with Crippen LogP contribution in [0.3, 0.4) is 0 Å². The molecule has 4 rings (SSSR count). The van der Waals surface area contributed by atoms with Crippen molar-refractivity contribution in [2.45, 2.75) is 19.1 Å². The van der Waals surface area contributed by atoms with Crippen LogP contribution in [-0.4, -0.2) is 39.1 Å². The molecule has 0 spiro atoms. The minimum Gasteiger partial charge on any atom is -0.382 e. The van der Waals surface area contributed by atoms with E-state index in [0.717, 1.165) is 5.56 Å². The van der Waals surface area contributed by atoms with Crippen LogP contribution in [0.5, 0.6) is 0 Å². The normalized spacial score (nSPS) is 22.5. The molecule has 3 aromatic rings. The van der Waals surface area contributed by atoms with Crippen molar-refractivity contribution in [3.63, 3.8) is 0 Å². The molecule has 1 fully saturated rings. The van der Waals surface area contributed by atoms with Crippen molar-refractivity contribution >= 4 is 36.2 Å². The molecular formula is C17H19ClN5O4P. The number of aromatic nitrogens is 4. The SMILES string of the molecule is Nc1ncnc2c1ncn2CCOCP1(=O)OCC[C@@H](c2cccc(Cl)c2)O1. The van der Waals surface area contributed by atoms with Gasteiger partial charge in [0, 0.05) is 18.0 Å². The zero-order valence-electron chi connectivity index (χ0n) is 14.9. The minimum absolute atomic E-state index is 0.131. The van der Waals surface area contributed by atoms with E-state index < -0.39 is 7.60 Å². The molecule has 1 aliphatic rings. The first kappa shape index (κ1) is 19.3. The van der Waals surface area contributed by atoms with Gasteiger partial charge in [-0.2, -0.15) is 0 Å². The first-order chi connectivity index (χ1) is 13.5. The summed E-state index contributed by atoms with van der Waals surface area (Å²) < 4.78 is 31.3. The van der Waals surface area contributed by atoms with Gasteiger partial charge in [-0.3, -0.25) is 9.09 Å². The Hall–Kier alpha value is -2.03. The average molecular weight is 424 g/mol. The topological polar surface area (TPSA) is 114 Å². The second-order valence-corrected chi connectivity index (χ2v) is 8.67. The molecule has 3 heterocycles. The van der Waals surface area contributed by atoms with Crippen LogP contribution < -0.4 is 5.73 Å². The van der Waals surface area contributed by atoms with Gasteiger partial charge >= 0.3 is 7.60 Å². The number of hydrogen-bond donors (Lipinski definition) is 1. The largest absolute Gasteiger partial charge is 0.382 e. The number of fused-ring (bicyclic) bond motifs is 1. The van der Waals surface area contributed by atoms with E-state index in [1.54, 1.807) is 23.0 Å². The van der Waals surface area contributed by atoms with Crippen LogP contribution in [0.1, 0.15) is 18.1 Å². The Morgan fingerprint density at radius 2 is 2.25 bits per heavy atom. The molecule has 1 saturated heterocycles. The number of benzene rings is 1. The van der Waals surface area contributed by atoms with Crippen molar-refractivity contribution < 1.29 is 18.3 Å². The van der Waals surface area contributed by atoms with Gasteiger partial charge in [0.05, 0.1) is 25.6 Å². The smallest absolute Gasteiger partial charge is 0.356 e. The molecule has 2 aromatic heterocycles. The van der Waals surface area contributed by atoms with Gasteiger partial charge in [-0.1, -0.05) is 23.7 Å². The van der Waals surface area contributed by atoms with Gasteiger partial charge in [0.2, 0.25) is 0 Å². The lowest BCUT2D eigenvalue weighted by atomic mass is 10.1. The van der Waals surface area contributed by atoms with Crippen molar-refractivity contribution in [2.24, 2.45) is 0 Å². The molecule has 28 heavy (non-hydrogen) atoms. The highest BCUT2D eigenvalue weighted by atomic mass is 35.5. The molecular weight excluding hydrogens is 405 g/mol. The lowest BCUT2D eigenvalue weighted by Crippen LogP contribution is -2.17. The Morgan fingerprint density at radius 1 is 1.36 bits per heavy atom. The van der Waals surface area contributed by atoms with E-state index in [1.165, 1.54) is 6.33 Å². The highest BCUT2D eigenvalue weighted by Gasteiger charge is 2.34. The van der Waals surface area contributed by atoms with Gasteiger partial charge in [-0.05, 0) is 17.7 Å². The Labute approximate surface area is 166 Å². The fourth-order valence-corrected chi connectivity index (χ4v) is 4.73. The van der Waals surface area contributed by atoms with E-state index in [1.807, 2.05) is 12.1 Å². The van der Waals surface area contributed by atoms with Crippen LogP contribution in [0, 0.1) is 0 Å². The molecule has 11 heteroatoms. The van der Waals surface area contributed by atoms with Gasteiger partial charge < -0.3 is 19.6 Å². The van der Waals surface area contributed by atoms with E-state index in [4.69, 9.17) is 31.1 Å². The van der Waals surface area contributed by atoms with Crippen LogP contribution in [0.2, 0.25) is 5.02 Å². The number of halogens is 1. The second-order valence-electron chi connectivity index (χ2n) is 6.29. The molecule has 2 atom stereocenters. The van der Waals surface area contributed by atoms with Gasteiger partial charge in [0.1, 0.15) is 18.2 Å². The third-order valence-corrected chi connectivity index (χ3v) is 6.22. The predicted octanol–water partition coefficient (Wildman–Crippen LogP) is 3.41. The highest BCUT2D eigenvalue weighted by molar-refractivity contribution is 7.53. The zero-order chi connectivity index (χ0) is 19.6. The number of imidazole rings is 1. The molecule has 148 valence electrons. The third-order valence-electron chi connectivity index (χ3n) is 4.33. The number of ether oxygens (including phenoxy) is 1. The van der Waals surface area contributed by atoms with Gasteiger partial charge in [-0.25, -0.2) is 15.0 Å². The Bertz CT molecular complexity index is 1030. The predicted molar refractivity (Wildman–Crippen MR) is 104 cm³/mol. The van der Waals surface area contributed by atoms with E-state index in [9.17, 15) is 4.57 Å². The molecule has 0 bridgehead atoms. The standard InChI is InChI=1S/C17H19ClN5O4P/c18-13-3-1-2-12(8-13)14-4-6-26-28(24,27-14)11-25-7-5-23-10-22-15-16(19)20-9-21-17(15)23/h1-3,8-10,14H,4-7,11H2,(H2,19,20,21)/t14-,28?/m0/s1. The summed E-state index contributed by atoms with van der Waals surface area (Å²) in [4.78, 5) is 12.3. The highest BCUT2D eigenvalue weighted by Crippen LogP contribution is 2.56. The maximum atomic E-state index is 12.9. The van der Waals surface area contributed by atoms with Crippen LogP contribution in [0.15, 0.2) is 36.9 Å². The first-order valence-electron chi connectivity index (χ1n) is 8.71. The molecule has 1 aromatic carbocycles. The molecule has 0 saturated carbocycles. The number of hydrogen-bond acceptors (Lipinski definition) is 8. The molecule has 1 unspecified atom stereocenters. The summed E-state index contributed by atoms with van der Waals surface area (Å²) in [6.07, 6.45) is 3.14. The maximum Gasteiger partial charge on any atom is 0.356 e. The lowest BCUT2D eigenvalue weighted by Gasteiger charge is -2.30. The van der Waals surface area contributed by atoms with E-state index in [-0.39, 0.29) is 19.1 Å². The van der Waals surface area contributed by atoms with Crippen LogP contribution in [-0.2, 0) is 24.9 Å². The molecule has 1 aliphatic heterocycles. The third kappa shape index (κ3) is 4.19. The molecule has 9 nitrogen and oxygen atoms in total. The lowest BCUT2D eigenvalue weighted by molar-refractivity contribution is 0.0563. The second kappa shape index (κ2) is 8.14. The number of nitrogens with two attached hydrogens (primary N) is 1. The van der Waals surface area contributed by atoms with Crippen molar-refractivity contribution in [1.82, 2.24) is 19.5 Å². The monoisotopic (exact) mass is 423 g/mol. The average Bonchev–Trinajstić information content (AvgIpc) is 3.10. The zero-order valence-corrected chi connectivity index (χ0v) is 16.6. The summed E-state index contributed by atoms with van der Waals surface area (Å²) in [5.74, 6) is 0.324. The van der Waals surface area contributed by atoms with Gasteiger partial charge in [0.25, 0.3) is 0 Å². The van der Waals surface area contributed by atoms with Crippen LogP contribution >= 0.6 is 19.2 Å². The van der Waals surface area contributed by atoms with Gasteiger partial charge in [-0.15, -0.1) is 0 Å². The summed E-state index contributed by atoms with van der Waals surface area (Å²) >= 11 is 6.03. The summed E-state index contributed by atoms with van der Waals surface area (Å²) in [5, 5.41) is 0.607. The Kier molecular flexibility index (Phi) is 5.61. The van der Waals surface area contributed by atoms with E-state index >= 15 is 0 Å². The molecule has 0 aliphatic carbocycles. The van der Waals surface area contributed by atoms with Crippen molar-refractivity contribution in [2.75, 3.05) is 25.3 Å². The van der Waals surface area contributed by atoms with Crippen molar-refractivity contribution in [1.29, 1.82) is 0 Å². The number of nitrogens with zero attached hydrogens (tertiary/aromatic N) is 4. The number of nitrogen functional groups attached to an aromatic ring is 1. The van der Waals surface area contributed by atoms with E-state index in [0.29, 0.717) is 41.6 Å².